The average Bonchev–Trinajstić information content (AvgIpc) is 1.85. The average molecular weight is 159 g/mol. The van der Waals surface area contributed by atoms with Crippen LogP contribution >= 0.6 is 0 Å². The molecule has 1 atom stereocenters. The predicted molar refractivity (Wildman–Crippen MR) is 39.0 cm³/mol. The third kappa shape index (κ3) is 2.17. The fraction of sp³-hybridized carbons (Fsp3) is 0.857. The number of amides is 1. The number of carbonyl (C=O) groups excluding carboxylic acids is 1. The lowest BCUT2D eigenvalue weighted by atomic mass is 10.2. The highest BCUT2D eigenvalue weighted by Crippen LogP contribution is 2.10. The summed E-state index contributed by atoms with van der Waals surface area (Å²) in [7, 11) is 0. The van der Waals surface area contributed by atoms with Crippen LogP contribution in [0.25, 0.3) is 0 Å². The van der Waals surface area contributed by atoms with Gasteiger partial charge in [-0.2, -0.15) is 0 Å². The minimum Gasteiger partial charge on any atom is -0.376 e. The van der Waals surface area contributed by atoms with Gasteiger partial charge >= 0.3 is 0 Å². The lowest BCUT2D eigenvalue weighted by Gasteiger charge is -2.28. The van der Waals surface area contributed by atoms with Crippen molar-refractivity contribution >= 4 is 5.91 Å². The summed E-state index contributed by atoms with van der Waals surface area (Å²) in [5.41, 5.74) is 5.07. The molecular formula is C7H13NO3. The van der Waals surface area contributed by atoms with Crippen LogP contribution < -0.4 is 5.73 Å². The second kappa shape index (κ2) is 3.69. The van der Waals surface area contributed by atoms with Crippen molar-refractivity contribution in [3.8, 4) is 0 Å². The molecule has 4 nitrogen and oxygen atoms in total. The Morgan fingerprint density at radius 2 is 2.45 bits per heavy atom. The molecule has 1 saturated heterocycles. The standard InChI is InChI=1S/C7H13NO3/c1-2-6(7(8)9)11-5-3-10-4-5/h5-6H,2-4H2,1H3,(H2,8,9). The number of ether oxygens (including phenoxy) is 2. The van der Waals surface area contributed by atoms with E-state index in [0.717, 1.165) is 0 Å². The third-order valence-corrected chi connectivity index (χ3v) is 1.65. The van der Waals surface area contributed by atoms with Gasteiger partial charge in [0.2, 0.25) is 5.91 Å². The molecule has 0 aromatic carbocycles. The molecule has 0 bridgehead atoms. The first-order valence-corrected chi connectivity index (χ1v) is 3.76. The Morgan fingerprint density at radius 1 is 1.82 bits per heavy atom. The van der Waals surface area contributed by atoms with E-state index in [1.54, 1.807) is 0 Å². The topological polar surface area (TPSA) is 61.6 Å². The van der Waals surface area contributed by atoms with E-state index in [1.807, 2.05) is 6.92 Å². The van der Waals surface area contributed by atoms with Crippen molar-refractivity contribution in [2.45, 2.75) is 25.6 Å². The van der Waals surface area contributed by atoms with Crippen LogP contribution in [-0.4, -0.2) is 31.3 Å². The highest BCUT2D eigenvalue weighted by molar-refractivity contribution is 5.78. The summed E-state index contributed by atoms with van der Waals surface area (Å²) in [4.78, 5) is 10.7. The fourth-order valence-corrected chi connectivity index (χ4v) is 0.889. The molecule has 4 heteroatoms. The van der Waals surface area contributed by atoms with E-state index in [1.165, 1.54) is 0 Å². The molecule has 0 aliphatic carbocycles. The maximum atomic E-state index is 10.7. The summed E-state index contributed by atoms with van der Waals surface area (Å²) in [5.74, 6) is -0.389. The Bertz CT molecular complexity index is 145. The van der Waals surface area contributed by atoms with Gasteiger partial charge in [-0.25, -0.2) is 0 Å². The zero-order valence-corrected chi connectivity index (χ0v) is 6.58. The second-order valence-corrected chi connectivity index (χ2v) is 2.59. The number of hydrogen-bond donors (Lipinski definition) is 1. The summed E-state index contributed by atoms with van der Waals surface area (Å²) in [6.45, 7) is 3.04. The second-order valence-electron chi connectivity index (χ2n) is 2.59. The first-order chi connectivity index (χ1) is 5.24. The van der Waals surface area contributed by atoms with Crippen molar-refractivity contribution in [1.29, 1.82) is 0 Å². The van der Waals surface area contributed by atoms with Crippen LogP contribution in [0.15, 0.2) is 0 Å². The lowest BCUT2D eigenvalue weighted by Crippen LogP contribution is -2.43. The van der Waals surface area contributed by atoms with E-state index < -0.39 is 6.10 Å². The smallest absolute Gasteiger partial charge is 0.246 e. The van der Waals surface area contributed by atoms with E-state index in [2.05, 4.69) is 0 Å². The molecule has 1 fully saturated rings. The minimum absolute atomic E-state index is 0.0763. The Morgan fingerprint density at radius 3 is 2.73 bits per heavy atom. The maximum Gasteiger partial charge on any atom is 0.246 e. The van der Waals surface area contributed by atoms with E-state index >= 15 is 0 Å². The summed E-state index contributed by atoms with van der Waals surface area (Å²) < 4.78 is 10.2. The van der Waals surface area contributed by atoms with Crippen LogP contribution in [0.5, 0.6) is 0 Å². The van der Waals surface area contributed by atoms with E-state index in [-0.39, 0.29) is 12.0 Å². The quantitative estimate of drug-likeness (QED) is 0.610. The van der Waals surface area contributed by atoms with Gasteiger partial charge in [-0.1, -0.05) is 6.92 Å². The van der Waals surface area contributed by atoms with E-state index in [9.17, 15) is 4.79 Å². The molecule has 0 spiro atoms. The zero-order chi connectivity index (χ0) is 8.27. The molecule has 1 heterocycles. The molecule has 1 aliphatic heterocycles. The molecule has 0 saturated carbocycles. The summed E-state index contributed by atoms with van der Waals surface area (Å²) >= 11 is 0. The fourth-order valence-electron chi connectivity index (χ4n) is 0.889. The highest BCUT2D eigenvalue weighted by Gasteiger charge is 2.25. The highest BCUT2D eigenvalue weighted by atomic mass is 16.6. The summed E-state index contributed by atoms with van der Waals surface area (Å²) in [6.07, 6.45) is 0.266. The van der Waals surface area contributed by atoms with Crippen LogP contribution in [0, 0.1) is 0 Å². The van der Waals surface area contributed by atoms with Gasteiger partial charge in [0.05, 0.1) is 13.2 Å². The van der Waals surface area contributed by atoms with Crippen molar-refractivity contribution in [2.75, 3.05) is 13.2 Å². The molecular weight excluding hydrogens is 146 g/mol. The van der Waals surface area contributed by atoms with Gasteiger partial charge in [-0.3, -0.25) is 4.79 Å². The third-order valence-electron chi connectivity index (χ3n) is 1.65. The number of nitrogens with two attached hydrogens (primary N) is 1. The molecule has 0 radical (unpaired) electrons. The Balaban J connectivity index is 2.24. The normalized spacial score (nSPS) is 20.8. The van der Waals surface area contributed by atoms with Crippen molar-refractivity contribution in [3.63, 3.8) is 0 Å². The SMILES string of the molecule is CCC(OC1COC1)C(N)=O. The first kappa shape index (κ1) is 8.49. The van der Waals surface area contributed by atoms with Gasteiger partial charge in [-0.15, -0.1) is 0 Å². The Hall–Kier alpha value is -0.610. The summed E-state index contributed by atoms with van der Waals surface area (Å²) in [6, 6.07) is 0. The van der Waals surface area contributed by atoms with E-state index in [4.69, 9.17) is 15.2 Å². The van der Waals surface area contributed by atoms with Crippen molar-refractivity contribution < 1.29 is 14.3 Å². The first-order valence-electron chi connectivity index (χ1n) is 3.76. The van der Waals surface area contributed by atoms with E-state index in [0.29, 0.717) is 19.6 Å². The number of primary amides is 1. The molecule has 1 unspecified atom stereocenters. The number of hydrogen-bond acceptors (Lipinski definition) is 3. The molecule has 1 rings (SSSR count). The molecule has 64 valence electrons. The van der Waals surface area contributed by atoms with Crippen LogP contribution in [0.4, 0.5) is 0 Å². The molecule has 11 heavy (non-hydrogen) atoms. The van der Waals surface area contributed by atoms with Gasteiger partial charge in [0, 0.05) is 0 Å². The van der Waals surface area contributed by atoms with Crippen molar-refractivity contribution in [1.82, 2.24) is 0 Å². The monoisotopic (exact) mass is 159 g/mol. The van der Waals surface area contributed by atoms with Gasteiger partial charge in [0.15, 0.2) is 0 Å². The minimum atomic E-state index is -0.441. The van der Waals surface area contributed by atoms with Crippen LogP contribution in [0.1, 0.15) is 13.3 Å². The maximum absolute atomic E-state index is 10.7. The van der Waals surface area contributed by atoms with Gasteiger partial charge in [0.25, 0.3) is 0 Å². The van der Waals surface area contributed by atoms with Gasteiger partial charge in [-0.05, 0) is 6.42 Å². The molecule has 2 N–H and O–H groups in total. The zero-order valence-electron chi connectivity index (χ0n) is 6.58. The lowest BCUT2D eigenvalue weighted by molar-refractivity contribution is -0.166. The van der Waals surface area contributed by atoms with Crippen LogP contribution in [-0.2, 0) is 14.3 Å². The number of rotatable bonds is 4. The summed E-state index contributed by atoms with van der Waals surface area (Å²) in [5, 5.41) is 0. The number of carbonyl (C=O) groups is 1. The van der Waals surface area contributed by atoms with Crippen molar-refractivity contribution in [3.05, 3.63) is 0 Å². The van der Waals surface area contributed by atoms with Crippen LogP contribution in [0.3, 0.4) is 0 Å². The predicted octanol–water partition coefficient (Wildman–Crippen LogP) is -0.334. The molecule has 1 amide bonds. The van der Waals surface area contributed by atoms with Crippen molar-refractivity contribution in [2.24, 2.45) is 5.73 Å². The van der Waals surface area contributed by atoms with Gasteiger partial charge < -0.3 is 15.2 Å². The Labute approximate surface area is 65.7 Å². The molecule has 0 aromatic heterocycles. The molecule has 0 aromatic rings. The Kier molecular flexibility index (Phi) is 2.84. The largest absolute Gasteiger partial charge is 0.376 e. The van der Waals surface area contributed by atoms with Gasteiger partial charge in [0.1, 0.15) is 12.2 Å². The van der Waals surface area contributed by atoms with Crippen LogP contribution in [0.2, 0.25) is 0 Å². The molecule has 1 aliphatic rings.